The van der Waals surface area contributed by atoms with Crippen LogP contribution in [0.3, 0.4) is 0 Å². The number of hydrogen-bond donors (Lipinski definition) is 2. The number of carbonyl (C=O) groups is 1. The van der Waals surface area contributed by atoms with E-state index in [1.54, 1.807) is 0 Å². The van der Waals surface area contributed by atoms with Crippen LogP contribution in [-0.4, -0.2) is 24.1 Å². The highest BCUT2D eigenvalue weighted by atomic mass is 35.5. The van der Waals surface area contributed by atoms with Crippen LogP contribution in [0.15, 0.2) is 78.9 Å². The fourth-order valence-electron chi connectivity index (χ4n) is 4.37. The Bertz CT molecular complexity index is 1340. The molecule has 5 nitrogen and oxygen atoms in total. The van der Waals surface area contributed by atoms with Gasteiger partial charge in [0.15, 0.2) is 0 Å². The highest BCUT2D eigenvalue weighted by Gasteiger charge is 2.06. The normalized spacial score (nSPS) is 10.9. The van der Waals surface area contributed by atoms with Crippen molar-refractivity contribution in [2.24, 2.45) is 0 Å². The van der Waals surface area contributed by atoms with Crippen LogP contribution in [0.1, 0.15) is 49.4 Å². The molecule has 1 heterocycles. The number of hydrogen-bond acceptors (Lipinski definition) is 5. The van der Waals surface area contributed by atoms with E-state index in [0.29, 0.717) is 31.1 Å². The van der Waals surface area contributed by atoms with Crippen molar-refractivity contribution >= 4 is 39.8 Å². The van der Waals surface area contributed by atoms with E-state index in [-0.39, 0.29) is 5.97 Å². The number of anilines is 2. The van der Waals surface area contributed by atoms with E-state index < -0.39 is 0 Å². The largest absolute Gasteiger partial charge is 0.464 e. The molecule has 0 aliphatic carbocycles. The quantitative estimate of drug-likeness (QED) is 0.129. The topological polar surface area (TPSA) is 63.2 Å². The molecule has 0 radical (unpaired) electrons. The van der Waals surface area contributed by atoms with Crippen molar-refractivity contribution in [3.8, 4) is 0 Å². The monoisotopic (exact) mass is 529 g/mol. The number of fused-ring (bicyclic) bond motifs is 1. The van der Waals surface area contributed by atoms with Gasteiger partial charge in [-0.25, -0.2) is 0 Å². The molecule has 0 unspecified atom stereocenters. The zero-order chi connectivity index (χ0) is 26.6. The molecule has 0 fully saturated rings. The minimum absolute atomic E-state index is 0.115. The molecule has 0 bridgehead atoms. The Morgan fingerprint density at radius 3 is 2.68 bits per heavy atom. The van der Waals surface area contributed by atoms with Gasteiger partial charge in [-0.05, 0) is 66.8 Å². The van der Waals surface area contributed by atoms with Gasteiger partial charge in [-0.2, -0.15) is 0 Å². The molecule has 1 aromatic heterocycles. The molecular formula is C32H36ClN3O2. The van der Waals surface area contributed by atoms with Gasteiger partial charge >= 0.3 is 5.97 Å². The number of aromatic nitrogens is 1. The first-order valence-electron chi connectivity index (χ1n) is 13.5. The van der Waals surface area contributed by atoms with Gasteiger partial charge in [0.1, 0.15) is 6.61 Å². The van der Waals surface area contributed by atoms with Gasteiger partial charge in [0.25, 0.3) is 0 Å². The van der Waals surface area contributed by atoms with Crippen LogP contribution in [0.4, 0.5) is 11.4 Å². The number of halogens is 1. The Morgan fingerprint density at radius 1 is 0.921 bits per heavy atom. The maximum atomic E-state index is 11.8. The third-order valence-electron chi connectivity index (χ3n) is 6.47. The molecule has 4 aromatic rings. The maximum Gasteiger partial charge on any atom is 0.305 e. The van der Waals surface area contributed by atoms with E-state index in [2.05, 4.69) is 66.1 Å². The summed E-state index contributed by atoms with van der Waals surface area (Å²) in [5.41, 5.74) is 6.53. The van der Waals surface area contributed by atoms with Gasteiger partial charge in [-0.3, -0.25) is 9.78 Å². The molecule has 4 rings (SSSR count). The first kappa shape index (κ1) is 27.5. The van der Waals surface area contributed by atoms with Gasteiger partial charge < -0.3 is 15.4 Å². The molecule has 0 amide bonds. The maximum absolute atomic E-state index is 11.8. The van der Waals surface area contributed by atoms with Crippen LogP contribution >= 0.6 is 11.6 Å². The predicted octanol–water partition coefficient (Wildman–Crippen LogP) is 7.82. The van der Waals surface area contributed by atoms with E-state index in [9.17, 15) is 4.79 Å². The first-order chi connectivity index (χ1) is 18.6. The summed E-state index contributed by atoms with van der Waals surface area (Å²) in [5.74, 6) is -0.115. The predicted molar refractivity (Wildman–Crippen MR) is 158 cm³/mol. The molecule has 0 saturated carbocycles. The summed E-state index contributed by atoms with van der Waals surface area (Å²) < 4.78 is 5.35. The van der Waals surface area contributed by atoms with Crippen LogP contribution in [0.2, 0.25) is 5.02 Å². The number of carbonyl (C=O) groups excluding carboxylic acids is 1. The molecule has 6 heteroatoms. The van der Waals surface area contributed by atoms with Crippen molar-refractivity contribution in [3.63, 3.8) is 0 Å². The lowest BCUT2D eigenvalue weighted by atomic mass is 10.1. The zero-order valence-electron chi connectivity index (χ0n) is 22.0. The smallest absolute Gasteiger partial charge is 0.305 e. The molecule has 0 aliphatic heterocycles. The lowest BCUT2D eigenvalue weighted by molar-refractivity contribution is -0.143. The number of nitrogens with zero attached hydrogens (tertiary/aromatic N) is 1. The number of nitrogens with one attached hydrogen (secondary N) is 2. The zero-order valence-corrected chi connectivity index (χ0v) is 22.8. The number of ether oxygens (including phenoxy) is 1. The van der Waals surface area contributed by atoms with Crippen molar-refractivity contribution in [2.45, 2.75) is 52.0 Å². The number of benzene rings is 3. The Kier molecular flexibility index (Phi) is 10.4. The number of para-hydroxylation sites is 1. The number of rotatable bonds is 14. The van der Waals surface area contributed by atoms with E-state index in [1.807, 2.05) is 30.3 Å². The minimum atomic E-state index is -0.115. The summed E-state index contributed by atoms with van der Waals surface area (Å²) >= 11 is 6.14. The van der Waals surface area contributed by atoms with E-state index in [1.165, 1.54) is 5.56 Å². The molecule has 3 aromatic carbocycles. The first-order valence-corrected chi connectivity index (χ1v) is 13.8. The average Bonchev–Trinajstić information content (AvgIpc) is 2.94. The highest BCUT2D eigenvalue weighted by molar-refractivity contribution is 6.31. The Labute approximate surface area is 230 Å². The van der Waals surface area contributed by atoms with Crippen LogP contribution in [0, 0.1) is 0 Å². The summed E-state index contributed by atoms with van der Waals surface area (Å²) in [6.07, 6.45) is 5.33. The molecule has 2 N–H and O–H groups in total. The average molecular weight is 530 g/mol. The van der Waals surface area contributed by atoms with Crippen LogP contribution < -0.4 is 10.6 Å². The number of esters is 1. The van der Waals surface area contributed by atoms with Crippen LogP contribution in [0.25, 0.3) is 10.9 Å². The van der Waals surface area contributed by atoms with Crippen molar-refractivity contribution in [1.29, 1.82) is 0 Å². The van der Waals surface area contributed by atoms with Crippen molar-refractivity contribution in [2.75, 3.05) is 23.8 Å². The van der Waals surface area contributed by atoms with E-state index in [4.69, 9.17) is 21.3 Å². The third-order valence-corrected chi connectivity index (χ3v) is 6.71. The second-order valence-electron chi connectivity index (χ2n) is 9.46. The second kappa shape index (κ2) is 14.4. The summed E-state index contributed by atoms with van der Waals surface area (Å²) in [6, 6.07) is 26.8. The molecule has 0 saturated heterocycles. The Balaban J connectivity index is 1.27. The van der Waals surface area contributed by atoms with Crippen LogP contribution in [-0.2, 0) is 28.9 Å². The third kappa shape index (κ3) is 8.49. The molecule has 0 spiro atoms. The number of pyridine rings is 1. The number of aryl methyl sites for hydroxylation is 2. The van der Waals surface area contributed by atoms with Crippen molar-refractivity contribution in [3.05, 3.63) is 101 Å². The van der Waals surface area contributed by atoms with Crippen molar-refractivity contribution in [1.82, 2.24) is 4.98 Å². The van der Waals surface area contributed by atoms with Gasteiger partial charge in [-0.1, -0.05) is 73.8 Å². The Morgan fingerprint density at radius 2 is 1.79 bits per heavy atom. The molecule has 0 aliphatic rings. The molecule has 0 atom stereocenters. The van der Waals surface area contributed by atoms with Crippen molar-refractivity contribution < 1.29 is 9.53 Å². The van der Waals surface area contributed by atoms with Gasteiger partial charge in [-0.15, -0.1) is 0 Å². The summed E-state index contributed by atoms with van der Waals surface area (Å²) in [6.45, 7) is 3.77. The lowest BCUT2D eigenvalue weighted by Gasteiger charge is -2.14. The fraction of sp³-hybridized carbons (Fsp3) is 0.312. The highest BCUT2D eigenvalue weighted by Crippen LogP contribution is 2.21. The van der Waals surface area contributed by atoms with E-state index >= 15 is 0 Å². The molecule has 38 heavy (non-hydrogen) atoms. The summed E-state index contributed by atoms with van der Waals surface area (Å²) in [5, 5.41) is 8.76. The van der Waals surface area contributed by atoms with E-state index in [0.717, 1.165) is 65.6 Å². The summed E-state index contributed by atoms with van der Waals surface area (Å²) in [7, 11) is 0. The van der Waals surface area contributed by atoms with Gasteiger partial charge in [0.2, 0.25) is 0 Å². The Hall–Kier alpha value is -3.57. The second-order valence-corrected chi connectivity index (χ2v) is 9.89. The lowest BCUT2D eigenvalue weighted by Crippen LogP contribution is -2.15. The minimum Gasteiger partial charge on any atom is -0.464 e. The molecular weight excluding hydrogens is 494 g/mol. The molecule has 198 valence electrons. The SMILES string of the molecule is CCCCCC(=O)OCCNc1ccccc1CNc1cccc(CCc2ccc3ccc(Cl)cc3n2)c1. The van der Waals surface area contributed by atoms with Gasteiger partial charge in [0.05, 0.1) is 5.52 Å². The van der Waals surface area contributed by atoms with Crippen LogP contribution in [0.5, 0.6) is 0 Å². The van der Waals surface area contributed by atoms with Gasteiger partial charge in [0, 0.05) is 47.0 Å². The fourth-order valence-corrected chi connectivity index (χ4v) is 4.53. The number of unbranched alkanes of at least 4 members (excludes halogenated alkanes) is 2. The standard InChI is InChI=1S/C32H36ClN3O2/c1-2-3-4-12-32(37)38-20-19-34-30-11-6-5-9-26(30)23-35-29-10-7-8-24(21-29)13-17-28-18-15-25-14-16-27(33)22-31(25)36-28/h5-11,14-16,18,21-22,34-35H,2-4,12-13,17,19-20,23H2,1H3. The summed E-state index contributed by atoms with van der Waals surface area (Å²) in [4.78, 5) is 16.6.